The Kier molecular flexibility index (Phi) is 4.96. The Bertz CT molecular complexity index is 299. The quantitative estimate of drug-likeness (QED) is 0.731. The van der Waals surface area contributed by atoms with Gasteiger partial charge in [-0.25, -0.2) is 0 Å². The lowest BCUT2D eigenvalue weighted by Crippen LogP contribution is -1.95. The van der Waals surface area contributed by atoms with Crippen LogP contribution < -0.4 is 4.74 Å². The van der Waals surface area contributed by atoms with Crippen LogP contribution in [0.25, 0.3) is 0 Å². The maximum absolute atomic E-state index is 5.32. The Morgan fingerprint density at radius 3 is 2.71 bits per heavy atom. The number of rotatable bonds is 4. The summed E-state index contributed by atoms with van der Waals surface area (Å²) in [6, 6.07) is 6.09. The Balaban J connectivity index is 2.97. The molecule has 0 N–H and O–H groups in total. The van der Waals surface area contributed by atoms with E-state index < -0.39 is 0 Å². The summed E-state index contributed by atoms with van der Waals surface area (Å²) in [4.78, 5) is 0.375. The molecule has 14 heavy (non-hydrogen) atoms. The van der Waals surface area contributed by atoms with Gasteiger partial charge < -0.3 is 4.74 Å². The van der Waals surface area contributed by atoms with Crippen molar-refractivity contribution in [2.75, 3.05) is 7.11 Å². The van der Waals surface area contributed by atoms with Crippen LogP contribution in [0.4, 0.5) is 0 Å². The maximum atomic E-state index is 5.32. The largest absolute Gasteiger partial charge is 0.496 e. The van der Waals surface area contributed by atoms with Crippen LogP contribution in [0, 0.1) is 0 Å². The first kappa shape index (κ1) is 12.1. The highest BCUT2D eigenvalue weighted by molar-refractivity contribution is 9.10. The summed E-state index contributed by atoms with van der Waals surface area (Å²) >= 11 is 7.14. The molecule has 0 radical (unpaired) electrons. The van der Waals surface area contributed by atoms with Gasteiger partial charge in [0.15, 0.2) is 0 Å². The molecule has 0 aromatic heterocycles. The monoisotopic (exact) mass is 320 g/mol. The average Bonchev–Trinajstić information content (AvgIpc) is 2.18. The van der Waals surface area contributed by atoms with Crippen molar-refractivity contribution in [3.63, 3.8) is 0 Å². The van der Waals surface area contributed by atoms with E-state index in [0.717, 1.165) is 23.1 Å². The predicted molar refractivity (Wildman–Crippen MR) is 67.3 cm³/mol. The maximum Gasteiger partial charge on any atom is 0.123 e. The van der Waals surface area contributed by atoms with E-state index in [4.69, 9.17) is 4.74 Å². The zero-order valence-corrected chi connectivity index (χ0v) is 11.6. The molecule has 0 spiro atoms. The topological polar surface area (TPSA) is 9.23 Å². The molecule has 0 aliphatic heterocycles. The van der Waals surface area contributed by atoms with Crippen molar-refractivity contribution in [2.24, 2.45) is 0 Å². The van der Waals surface area contributed by atoms with Gasteiger partial charge >= 0.3 is 0 Å². The molecule has 0 bridgehead atoms. The van der Waals surface area contributed by atoms with Crippen molar-refractivity contribution in [2.45, 2.75) is 24.6 Å². The van der Waals surface area contributed by atoms with Gasteiger partial charge in [0.25, 0.3) is 0 Å². The van der Waals surface area contributed by atoms with Crippen LogP contribution in [0.3, 0.4) is 0 Å². The van der Waals surface area contributed by atoms with E-state index in [1.165, 1.54) is 5.56 Å². The van der Waals surface area contributed by atoms with E-state index in [-0.39, 0.29) is 0 Å². The summed E-state index contributed by atoms with van der Waals surface area (Å²) in [5, 5.41) is 0. The highest BCUT2D eigenvalue weighted by Gasteiger charge is 2.12. The van der Waals surface area contributed by atoms with Crippen LogP contribution in [-0.4, -0.2) is 7.11 Å². The Morgan fingerprint density at radius 2 is 2.14 bits per heavy atom. The van der Waals surface area contributed by atoms with Crippen LogP contribution in [0.15, 0.2) is 22.7 Å². The number of hydrogen-bond acceptors (Lipinski definition) is 1. The van der Waals surface area contributed by atoms with E-state index in [0.29, 0.717) is 4.83 Å². The first-order valence-electron chi connectivity index (χ1n) is 4.66. The molecule has 0 saturated carbocycles. The minimum absolute atomic E-state index is 0.375. The van der Waals surface area contributed by atoms with Gasteiger partial charge in [0.05, 0.1) is 7.11 Å². The second kappa shape index (κ2) is 5.76. The number of methoxy groups -OCH3 is 1. The summed E-state index contributed by atoms with van der Waals surface area (Å²) in [6.45, 7) is 2.18. The van der Waals surface area contributed by atoms with Gasteiger partial charge in [0.1, 0.15) is 5.75 Å². The fourth-order valence-electron chi connectivity index (χ4n) is 1.36. The number of hydrogen-bond donors (Lipinski definition) is 0. The molecule has 1 atom stereocenters. The lowest BCUT2D eigenvalue weighted by Gasteiger charge is -2.13. The molecule has 0 amide bonds. The normalized spacial score (nSPS) is 12.6. The Hall–Kier alpha value is -0.0200. The van der Waals surface area contributed by atoms with Gasteiger partial charge in [0, 0.05) is 14.9 Å². The lowest BCUT2D eigenvalue weighted by molar-refractivity contribution is 0.409. The van der Waals surface area contributed by atoms with Gasteiger partial charge in [-0.1, -0.05) is 45.2 Å². The zero-order valence-electron chi connectivity index (χ0n) is 8.39. The van der Waals surface area contributed by atoms with Crippen molar-refractivity contribution >= 4 is 31.9 Å². The summed E-state index contributed by atoms with van der Waals surface area (Å²) < 4.78 is 6.41. The van der Waals surface area contributed by atoms with Crippen molar-refractivity contribution in [1.82, 2.24) is 0 Å². The van der Waals surface area contributed by atoms with Gasteiger partial charge in [0.2, 0.25) is 0 Å². The summed E-state index contributed by atoms with van der Waals surface area (Å²) in [5.74, 6) is 0.948. The molecule has 1 unspecified atom stereocenters. The standard InChI is InChI=1S/C11H14Br2O/c1-3-4-10(13)9-7-8(12)5-6-11(9)14-2/h5-7,10H,3-4H2,1-2H3. The molecule has 0 fully saturated rings. The lowest BCUT2D eigenvalue weighted by atomic mass is 10.1. The second-order valence-electron chi connectivity index (χ2n) is 3.14. The van der Waals surface area contributed by atoms with E-state index >= 15 is 0 Å². The molecule has 1 aromatic rings. The summed E-state index contributed by atoms with van der Waals surface area (Å²) in [7, 11) is 1.71. The van der Waals surface area contributed by atoms with Crippen LogP contribution in [0.5, 0.6) is 5.75 Å². The van der Waals surface area contributed by atoms with Gasteiger partial charge in [-0.3, -0.25) is 0 Å². The van der Waals surface area contributed by atoms with Crippen LogP contribution in [0.1, 0.15) is 30.2 Å². The molecule has 0 aliphatic carbocycles. The number of ether oxygens (including phenoxy) is 1. The van der Waals surface area contributed by atoms with Crippen molar-refractivity contribution < 1.29 is 4.74 Å². The smallest absolute Gasteiger partial charge is 0.123 e. The van der Waals surface area contributed by atoms with Crippen molar-refractivity contribution in [3.8, 4) is 5.75 Å². The van der Waals surface area contributed by atoms with Gasteiger partial charge in [-0.15, -0.1) is 0 Å². The molecule has 1 aromatic carbocycles. The highest BCUT2D eigenvalue weighted by Crippen LogP contribution is 2.36. The first-order chi connectivity index (χ1) is 6.69. The van der Waals surface area contributed by atoms with Crippen LogP contribution in [-0.2, 0) is 0 Å². The SMILES string of the molecule is CCCC(Br)c1cc(Br)ccc1OC. The summed E-state index contributed by atoms with van der Waals surface area (Å²) in [5.41, 5.74) is 1.21. The van der Waals surface area contributed by atoms with Crippen molar-refractivity contribution in [1.29, 1.82) is 0 Å². The minimum Gasteiger partial charge on any atom is -0.496 e. The summed E-state index contributed by atoms with van der Waals surface area (Å²) in [6.07, 6.45) is 2.28. The van der Waals surface area contributed by atoms with Crippen molar-refractivity contribution in [3.05, 3.63) is 28.2 Å². The van der Waals surface area contributed by atoms with Gasteiger partial charge in [-0.05, 0) is 24.6 Å². The third kappa shape index (κ3) is 2.99. The molecule has 0 saturated heterocycles. The Labute approximate surface area is 102 Å². The second-order valence-corrected chi connectivity index (χ2v) is 5.16. The van der Waals surface area contributed by atoms with E-state index in [1.807, 2.05) is 12.1 Å². The predicted octanol–water partition coefficient (Wildman–Crippen LogP) is 4.69. The number of benzene rings is 1. The minimum atomic E-state index is 0.375. The van der Waals surface area contributed by atoms with Gasteiger partial charge in [-0.2, -0.15) is 0 Å². The molecule has 0 aliphatic rings. The van der Waals surface area contributed by atoms with Crippen LogP contribution >= 0.6 is 31.9 Å². The molecular formula is C11H14Br2O. The highest BCUT2D eigenvalue weighted by atomic mass is 79.9. The van der Waals surface area contributed by atoms with E-state index in [1.54, 1.807) is 7.11 Å². The zero-order chi connectivity index (χ0) is 10.6. The number of alkyl halides is 1. The molecular weight excluding hydrogens is 308 g/mol. The fourth-order valence-corrected chi connectivity index (χ4v) is 2.55. The molecule has 0 heterocycles. The fraction of sp³-hybridized carbons (Fsp3) is 0.455. The first-order valence-corrected chi connectivity index (χ1v) is 6.37. The Morgan fingerprint density at radius 1 is 1.43 bits per heavy atom. The third-order valence-electron chi connectivity index (χ3n) is 2.07. The van der Waals surface area contributed by atoms with E-state index in [9.17, 15) is 0 Å². The van der Waals surface area contributed by atoms with Crippen LogP contribution in [0.2, 0.25) is 0 Å². The van der Waals surface area contributed by atoms with E-state index in [2.05, 4.69) is 44.8 Å². The molecule has 3 heteroatoms. The average molecular weight is 322 g/mol. The molecule has 78 valence electrons. The molecule has 1 rings (SSSR count). The molecule has 1 nitrogen and oxygen atoms in total. The number of halogens is 2. The third-order valence-corrected chi connectivity index (χ3v) is 3.52.